The second-order valence-electron chi connectivity index (χ2n) is 7.97. The number of carbonyl (C=O) groups is 2. The monoisotopic (exact) mass is 424 g/mol. The molecule has 3 rings (SSSR count). The standard InChI is InChI=1S/C25H32N2O4/c1-5-6-15-27-23(28)14-12-19(24(27)18-9-7-8-10-21(18)30-3)25(29)26-20-16-17(2)11-13-22(20)31-4/h7-11,13,16,19,24H,5-6,12,14-15H2,1-4H3,(H,26,29)/t19-,24-/m1/s1. The van der Waals surface area contributed by atoms with Gasteiger partial charge in [0.2, 0.25) is 11.8 Å². The molecule has 1 aliphatic heterocycles. The van der Waals surface area contributed by atoms with Crippen LogP contribution in [0.25, 0.3) is 0 Å². The van der Waals surface area contributed by atoms with Gasteiger partial charge in [0.1, 0.15) is 11.5 Å². The van der Waals surface area contributed by atoms with Crippen LogP contribution in [0.2, 0.25) is 0 Å². The fraction of sp³-hybridized carbons (Fsp3) is 0.440. The van der Waals surface area contributed by atoms with E-state index < -0.39 is 5.92 Å². The smallest absolute Gasteiger partial charge is 0.230 e. The molecule has 0 radical (unpaired) electrons. The Balaban J connectivity index is 1.99. The Kier molecular flexibility index (Phi) is 7.55. The van der Waals surface area contributed by atoms with E-state index >= 15 is 0 Å². The van der Waals surface area contributed by atoms with Gasteiger partial charge in [-0.05, 0) is 43.5 Å². The quantitative estimate of drug-likeness (QED) is 0.665. The largest absolute Gasteiger partial charge is 0.496 e. The number of likely N-dealkylation sites (tertiary alicyclic amines) is 1. The predicted molar refractivity (Wildman–Crippen MR) is 121 cm³/mol. The Morgan fingerprint density at radius 1 is 1.13 bits per heavy atom. The molecule has 1 aliphatic rings. The molecule has 6 heteroatoms. The third-order valence-electron chi connectivity index (χ3n) is 5.87. The highest BCUT2D eigenvalue weighted by molar-refractivity contribution is 5.96. The van der Waals surface area contributed by atoms with Gasteiger partial charge in [-0.3, -0.25) is 9.59 Å². The molecule has 1 saturated heterocycles. The maximum atomic E-state index is 13.5. The Morgan fingerprint density at radius 2 is 1.87 bits per heavy atom. The summed E-state index contributed by atoms with van der Waals surface area (Å²) in [5, 5.41) is 3.06. The molecule has 166 valence electrons. The molecule has 0 aromatic heterocycles. The number of anilines is 1. The van der Waals surface area contributed by atoms with Gasteiger partial charge in [-0.25, -0.2) is 0 Å². The zero-order valence-corrected chi connectivity index (χ0v) is 18.8. The van der Waals surface area contributed by atoms with Gasteiger partial charge in [-0.1, -0.05) is 37.6 Å². The van der Waals surface area contributed by atoms with Crippen molar-refractivity contribution >= 4 is 17.5 Å². The van der Waals surface area contributed by atoms with Crippen molar-refractivity contribution in [3.05, 3.63) is 53.6 Å². The molecular weight excluding hydrogens is 392 g/mol. The number of benzene rings is 2. The van der Waals surface area contributed by atoms with Crippen LogP contribution in [0.1, 0.15) is 49.8 Å². The number of aryl methyl sites for hydroxylation is 1. The summed E-state index contributed by atoms with van der Waals surface area (Å²) in [5.41, 5.74) is 2.54. The van der Waals surface area contributed by atoms with Crippen LogP contribution >= 0.6 is 0 Å². The number of nitrogens with one attached hydrogen (secondary N) is 1. The van der Waals surface area contributed by atoms with Crippen LogP contribution < -0.4 is 14.8 Å². The van der Waals surface area contributed by atoms with Crippen molar-refractivity contribution in [1.29, 1.82) is 0 Å². The number of ether oxygens (including phenoxy) is 2. The lowest BCUT2D eigenvalue weighted by Crippen LogP contribution is -2.47. The Bertz CT molecular complexity index is 927. The van der Waals surface area contributed by atoms with E-state index in [1.54, 1.807) is 14.2 Å². The predicted octanol–water partition coefficient (Wildman–Crippen LogP) is 4.73. The van der Waals surface area contributed by atoms with E-state index in [9.17, 15) is 9.59 Å². The summed E-state index contributed by atoms with van der Waals surface area (Å²) in [5.74, 6) is 0.878. The number of rotatable bonds is 8. The molecule has 0 bridgehead atoms. The number of piperidine rings is 1. The lowest BCUT2D eigenvalue weighted by Gasteiger charge is -2.41. The molecule has 1 fully saturated rings. The van der Waals surface area contributed by atoms with Crippen LogP contribution in [-0.4, -0.2) is 37.5 Å². The summed E-state index contributed by atoms with van der Waals surface area (Å²) in [6.07, 6.45) is 2.71. The molecule has 0 spiro atoms. The van der Waals surface area contributed by atoms with Gasteiger partial charge in [0, 0.05) is 18.5 Å². The summed E-state index contributed by atoms with van der Waals surface area (Å²) in [4.78, 5) is 28.3. The number of amides is 2. The third-order valence-corrected chi connectivity index (χ3v) is 5.87. The van der Waals surface area contributed by atoms with Gasteiger partial charge in [0.25, 0.3) is 0 Å². The van der Waals surface area contributed by atoms with Crippen LogP contribution in [0.3, 0.4) is 0 Å². The van der Waals surface area contributed by atoms with Crippen LogP contribution in [0.5, 0.6) is 11.5 Å². The Hall–Kier alpha value is -3.02. The number of para-hydroxylation sites is 1. The lowest BCUT2D eigenvalue weighted by atomic mass is 9.83. The van der Waals surface area contributed by atoms with Gasteiger partial charge in [-0.15, -0.1) is 0 Å². The molecule has 0 saturated carbocycles. The van der Waals surface area contributed by atoms with E-state index in [0.717, 1.165) is 24.0 Å². The molecule has 0 unspecified atom stereocenters. The average molecular weight is 425 g/mol. The number of hydrogen-bond donors (Lipinski definition) is 1. The summed E-state index contributed by atoms with van der Waals surface area (Å²) in [7, 11) is 3.20. The lowest BCUT2D eigenvalue weighted by molar-refractivity contribution is -0.142. The minimum absolute atomic E-state index is 0.0848. The number of methoxy groups -OCH3 is 2. The molecule has 31 heavy (non-hydrogen) atoms. The highest BCUT2D eigenvalue weighted by Gasteiger charge is 2.41. The summed E-state index contributed by atoms with van der Waals surface area (Å²) in [6.45, 7) is 4.69. The highest BCUT2D eigenvalue weighted by Crippen LogP contribution is 2.41. The maximum Gasteiger partial charge on any atom is 0.230 e. The normalized spacial score (nSPS) is 18.6. The zero-order chi connectivity index (χ0) is 22.4. The summed E-state index contributed by atoms with van der Waals surface area (Å²) in [6, 6.07) is 13.0. The van der Waals surface area contributed by atoms with Crippen molar-refractivity contribution in [2.45, 2.75) is 45.6 Å². The van der Waals surface area contributed by atoms with Crippen LogP contribution in [0.15, 0.2) is 42.5 Å². The maximum absolute atomic E-state index is 13.5. The molecule has 2 aromatic rings. The minimum Gasteiger partial charge on any atom is -0.496 e. The summed E-state index contributed by atoms with van der Waals surface area (Å²) >= 11 is 0. The molecule has 2 atom stereocenters. The first-order chi connectivity index (χ1) is 15.0. The van der Waals surface area contributed by atoms with Gasteiger partial charge >= 0.3 is 0 Å². The van der Waals surface area contributed by atoms with E-state index in [4.69, 9.17) is 9.47 Å². The van der Waals surface area contributed by atoms with Gasteiger partial charge < -0.3 is 19.7 Å². The molecule has 2 amide bonds. The van der Waals surface area contributed by atoms with Crippen molar-refractivity contribution < 1.29 is 19.1 Å². The number of nitrogens with zero attached hydrogens (tertiary/aromatic N) is 1. The first kappa shape index (κ1) is 22.7. The fourth-order valence-corrected chi connectivity index (χ4v) is 4.26. The molecule has 6 nitrogen and oxygen atoms in total. The zero-order valence-electron chi connectivity index (χ0n) is 18.8. The van der Waals surface area contributed by atoms with Crippen LogP contribution in [-0.2, 0) is 9.59 Å². The molecular formula is C25H32N2O4. The Labute approximate surface area is 184 Å². The number of unbranched alkanes of at least 4 members (excludes halogenated alkanes) is 1. The second-order valence-corrected chi connectivity index (χ2v) is 7.97. The van der Waals surface area contributed by atoms with E-state index in [1.165, 1.54) is 0 Å². The molecule has 1 heterocycles. The molecule has 0 aliphatic carbocycles. The fourth-order valence-electron chi connectivity index (χ4n) is 4.26. The Morgan fingerprint density at radius 3 is 2.58 bits per heavy atom. The van der Waals surface area contributed by atoms with Crippen molar-refractivity contribution in [2.24, 2.45) is 5.92 Å². The van der Waals surface area contributed by atoms with Crippen molar-refractivity contribution in [2.75, 3.05) is 26.1 Å². The van der Waals surface area contributed by atoms with Crippen LogP contribution in [0, 0.1) is 12.8 Å². The van der Waals surface area contributed by atoms with Crippen molar-refractivity contribution in [3.63, 3.8) is 0 Å². The first-order valence-corrected chi connectivity index (χ1v) is 10.9. The number of hydrogen-bond acceptors (Lipinski definition) is 4. The van der Waals surface area contributed by atoms with E-state index in [1.807, 2.05) is 54.3 Å². The minimum atomic E-state index is -0.393. The van der Waals surface area contributed by atoms with Crippen molar-refractivity contribution in [1.82, 2.24) is 4.90 Å². The average Bonchev–Trinajstić information content (AvgIpc) is 2.78. The molecule has 1 N–H and O–H groups in total. The topological polar surface area (TPSA) is 67.9 Å². The van der Waals surface area contributed by atoms with Gasteiger partial charge in [-0.2, -0.15) is 0 Å². The van der Waals surface area contributed by atoms with E-state index in [2.05, 4.69) is 12.2 Å². The third kappa shape index (κ3) is 5.01. The SMILES string of the molecule is CCCCN1C(=O)CC[C@@H](C(=O)Nc2cc(C)ccc2OC)[C@H]1c1ccccc1OC. The first-order valence-electron chi connectivity index (χ1n) is 10.9. The highest BCUT2D eigenvalue weighted by atomic mass is 16.5. The van der Waals surface area contributed by atoms with E-state index in [-0.39, 0.29) is 17.9 Å². The van der Waals surface area contributed by atoms with Gasteiger partial charge in [0.15, 0.2) is 0 Å². The number of carbonyl (C=O) groups excluding carboxylic acids is 2. The second kappa shape index (κ2) is 10.3. The van der Waals surface area contributed by atoms with Crippen molar-refractivity contribution in [3.8, 4) is 11.5 Å². The van der Waals surface area contributed by atoms with E-state index in [0.29, 0.717) is 36.6 Å². The molecule has 2 aromatic carbocycles. The summed E-state index contributed by atoms with van der Waals surface area (Å²) < 4.78 is 11.0. The van der Waals surface area contributed by atoms with Gasteiger partial charge in [0.05, 0.1) is 31.9 Å². The van der Waals surface area contributed by atoms with Crippen LogP contribution in [0.4, 0.5) is 5.69 Å².